The highest BCUT2D eigenvalue weighted by molar-refractivity contribution is 5.94. The number of piperazine rings is 1. The Morgan fingerprint density at radius 2 is 1.75 bits per heavy atom. The molecule has 1 fully saturated rings. The minimum absolute atomic E-state index is 0.0889. The first-order valence-corrected chi connectivity index (χ1v) is 8.21. The van der Waals surface area contributed by atoms with E-state index in [0.717, 1.165) is 19.6 Å². The summed E-state index contributed by atoms with van der Waals surface area (Å²) in [6, 6.07) is 16.1. The van der Waals surface area contributed by atoms with Gasteiger partial charge in [-0.2, -0.15) is 0 Å². The van der Waals surface area contributed by atoms with Crippen LogP contribution in [0.25, 0.3) is 6.08 Å². The molecular weight excluding hydrogens is 303 g/mol. The van der Waals surface area contributed by atoms with Gasteiger partial charge < -0.3 is 4.90 Å². The summed E-state index contributed by atoms with van der Waals surface area (Å²) >= 11 is 0. The lowest BCUT2D eigenvalue weighted by molar-refractivity contribution is 0.0650. The molecule has 4 heteroatoms. The lowest BCUT2D eigenvalue weighted by Gasteiger charge is -2.34. The maximum absolute atomic E-state index is 13.2. The molecule has 1 aliphatic heterocycles. The standard InChI is InChI=1S/C20H21FN2O/c21-19-10-4-9-18(16-19)20(24)23-14-12-22(13-15-23)11-5-8-17-6-2-1-3-7-17/h1-10,16H,11-15H2. The summed E-state index contributed by atoms with van der Waals surface area (Å²) in [6.07, 6.45) is 4.27. The normalized spacial score (nSPS) is 15.8. The maximum Gasteiger partial charge on any atom is 0.254 e. The Labute approximate surface area is 142 Å². The fourth-order valence-electron chi connectivity index (χ4n) is 2.84. The van der Waals surface area contributed by atoms with Gasteiger partial charge in [0.25, 0.3) is 5.91 Å². The van der Waals surface area contributed by atoms with Crippen LogP contribution in [0.3, 0.4) is 0 Å². The van der Waals surface area contributed by atoms with Crippen molar-refractivity contribution in [2.45, 2.75) is 0 Å². The fourth-order valence-corrected chi connectivity index (χ4v) is 2.84. The Bertz CT molecular complexity index is 707. The molecule has 0 spiro atoms. The molecule has 124 valence electrons. The van der Waals surface area contributed by atoms with E-state index < -0.39 is 0 Å². The lowest BCUT2D eigenvalue weighted by atomic mass is 10.1. The van der Waals surface area contributed by atoms with Crippen molar-refractivity contribution in [2.75, 3.05) is 32.7 Å². The highest BCUT2D eigenvalue weighted by atomic mass is 19.1. The average molecular weight is 324 g/mol. The van der Waals surface area contributed by atoms with E-state index in [9.17, 15) is 9.18 Å². The number of hydrogen-bond acceptors (Lipinski definition) is 2. The number of amides is 1. The molecule has 0 radical (unpaired) electrons. The molecule has 1 amide bonds. The molecule has 0 bridgehead atoms. The molecule has 0 N–H and O–H groups in total. The zero-order valence-corrected chi connectivity index (χ0v) is 13.6. The minimum Gasteiger partial charge on any atom is -0.336 e. The first-order chi connectivity index (χ1) is 11.7. The van der Waals surface area contributed by atoms with Gasteiger partial charge in [0.15, 0.2) is 0 Å². The van der Waals surface area contributed by atoms with Crippen LogP contribution in [0, 0.1) is 5.82 Å². The molecule has 0 aromatic heterocycles. The van der Waals surface area contributed by atoms with Gasteiger partial charge in [0.2, 0.25) is 0 Å². The lowest BCUT2D eigenvalue weighted by Crippen LogP contribution is -2.48. The number of carbonyl (C=O) groups excluding carboxylic acids is 1. The summed E-state index contributed by atoms with van der Waals surface area (Å²) in [5.74, 6) is -0.459. The monoisotopic (exact) mass is 324 g/mol. The second kappa shape index (κ2) is 7.88. The van der Waals surface area contributed by atoms with Gasteiger partial charge in [-0.05, 0) is 23.8 Å². The van der Waals surface area contributed by atoms with Crippen LogP contribution in [0.15, 0.2) is 60.7 Å². The van der Waals surface area contributed by atoms with E-state index in [1.165, 1.54) is 17.7 Å². The molecule has 0 aliphatic carbocycles. The summed E-state index contributed by atoms with van der Waals surface area (Å²) in [7, 11) is 0. The Morgan fingerprint density at radius 1 is 1.00 bits per heavy atom. The molecule has 3 rings (SSSR count). The van der Waals surface area contributed by atoms with Gasteiger partial charge in [0, 0.05) is 38.3 Å². The third-order valence-corrected chi connectivity index (χ3v) is 4.20. The number of hydrogen-bond donors (Lipinski definition) is 0. The number of carbonyl (C=O) groups is 1. The zero-order valence-electron chi connectivity index (χ0n) is 13.6. The van der Waals surface area contributed by atoms with Crippen LogP contribution >= 0.6 is 0 Å². The van der Waals surface area contributed by atoms with Crippen LogP contribution < -0.4 is 0 Å². The van der Waals surface area contributed by atoms with Gasteiger partial charge in [-0.1, -0.05) is 48.6 Å². The van der Waals surface area contributed by atoms with Crippen LogP contribution in [-0.4, -0.2) is 48.4 Å². The van der Waals surface area contributed by atoms with E-state index >= 15 is 0 Å². The summed E-state index contributed by atoms with van der Waals surface area (Å²) in [5.41, 5.74) is 1.62. The Morgan fingerprint density at radius 3 is 2.46 bits per heavy atom. The van der Waals surface area contributed by atoms with Crippen LogP contribution in [0.5, 0.6) is 0 Å². The third-order valence-electron chi connectivity index (χ3n) is 4.20. The summed E-state index contributed by atoms with van der Waals surface area (Å²) in [5, 5.41) is 0. The quantitative estimate of drug-likeness (QED) is 0.861. The van der Waals surface area contributed by atoms with Crippen molar-refractivity contribution >= 4 is 12.0 Å². The topological polar surface area (TPSA) is 23.6 Å². The van der Waals surface area contributed by atoms with Gasteiger partial charge in [0.1, 0.15) is 5.82 Å². The van der Waals surface area contributed by atoms with Crippen molar-refractivity contribution in [3.05, 3.63) is 77.6 Å². The van der Waals surface area contributed by atoms with Gasteiger partial charge >= 0.3 is 0 Å². The maximum atomic E-state index is 13.2. The predicted molar refractivity (Wildman–Crippen MR) is 94.2 cm³/mol. The van der Waals surface area contributed by atoms with Crippen molar-refractivity contribution in [1.82, 2.24) is 9.80 Å². The van der Waals surface area contributed by atoms with Gasteiger partial charge in [-0.25, -0.2) is 4.39 Å². The molecule has 1 aliphatic rings. The molecule has 0 atom stereocenters. The third kappa shape index (κ3) is 4.30. The first-order valence-electron chi connectivity index (χ1n) is 8.21. The number of nitrogens with zero attached hydrogens (tertiary/aromatic N) is 2. The van der Waals surface area contributed by atoms with Gasteiger partial charge in [-0.15, -0.1) is 0 Å². The Balaban J connectivity index is 1.49. The van der Waals surface area contributed by atoms with Crippen molar-refractivity contribution in [3.63, 3.8) is 0 Å². The Hall–Kier alpha value is -2.46. The highest BCUT2D eigenvalue weighted by Gasteiger charge is 2.21. The molecule has 1 saturated heterocycles. The number of halogens is 1. The predicted octanol–water partition coefficient (Wildman–Crippen LogP) is 3.30. The molecule has 0 saturated carbocycles. The second-order valence-electron chi connectivity index (χ2n) is 5.92. The zero-order chi connectivity index (χ0) is 16.8. The SMILES string of the molecule is O=C(c1cccc(F)c1)N1CCN(CC=Cc2ccccc2)CC1. The highest BCUT2D eigenvalue weighted by Crippen LogP contribution is 2.11. The average Bonchev–Trinajstić information content (AvgIpc) is 2.63. The van der Waals surface area contributed by atoms with Crippen molar-refractivity contribution in [3.8, 4) is 0 Å². The van der Waals surface area contributed by atoms with Gasteiger partial charge in [-0.3, -0.25) is 9.69 Å². The Kier molecular flexibility index (Phi) is 5.39. The van der Waals surface area contributed by atoms with Crippen LogP contribution in [0.2, 0.25) is 0 Å². The van der Waals surface area contributed by atoms with E-state index in [0.29, 0.717) is 18.7 Å². The van der Waals surface area contributed by atoms with Crippen molar-refractivity contribution in [2.24, 2.45) is 0 Å². The van der Waals surface area contributed by atoms with Crippen LogP contribution in [-0.2, 0) is 0 Å². The van der Waals surface area contributed by atoms with Crippen LogP contribution in [0.4, 0.5) is 4.39 Å². The first kappa shape index (κ1) is 16.4. The van der Waals surface area contributed by atoms with E-state index in [4.69, 9.17) is 0 Å². The molecule has 24 heavy (non-hydrogen) atoms. The molecular formula is C20H21FN2O. The van der Waals surface area contributed by atoms with E-state index in [2.05, 4.69) is 29.2 Å². The molecule has 3 nitrogen and oxygen atoms in total. The minimum atomic E-state index is -0.370. The van der Waals surface area contributed by atoms with Crippen LogP contribution in [0.1, 0.15) is 15.9 Å². The largest absolute Gasteiger partial charge is 0.336 e. The molecule has 0 unspecified atom stereocenters. The summed E-state index contributed by atoms with van der Waals surface area (Å²) < 4.78 is 13.2. The number of rotatable bonds is 4. The second-order valence-corrected chi connectivity index (χ2v) is 5.92. The molecule has 1 heterocycles. The van der Waals surface area contributed by atoms with E-state index in [1.54, 1.807) is 17.0 Å². The summed E-state index contributed by atoms with van der Waals surface area (Å²) in [6.45, 7) is 3.89. The van der Waals surface area contributed by atoms with E-state index in [1.807, 2.05) is 18.2 Å². The summed E-state index contributed by atoms with van der Waals surface area (Å²) in [4.78, 5) is 16.5. The smallest absolute Gasteiger partial charge is 0.254 e. The fraction of sp³-hybridized carbons (Fsp3) is 0.250. The molecule has 2 aromatic carbocycles. The molecule has 2 aromatic rings. The van der Waals surface area contributed by atoms with Gasteiger partial charge in [0.05, 0.1) is 0 Å². The van der Waals surface area contributed by atoms with E-state index in [-0.39, 0.29) is 11.7 Å². The number of benzene rings is 2. The van der Waals surface area contributed by atoms with Crippen molar-refractivity contribution < 1.29 is 9.18 Å². The van der Waals surface area contributed by atoms with Crippen molar-refractivity contribution in [1.29, 1.82) is 0 Å².